The minimum absolute atomic E-state index is 0.0757. The molecule has 308 valence electrons. The highest BCUT2D eigenvalue weighted by atomic mass is 16.6. The van der Waals surface area contributed by atoms with Crippen LogP contribution in [0, 0.1) is 0 Å². The van der Waals surface area contributed by atoms with Gasteiger partial charge in [-0.2, -0.15) is 0 Å². The monoisotopic (exact) mass is 745 g/mol. The molecule has 0 saturated carbocycles. The SMILES string of the molecule is CC\C=C/C=C\C=C/CCCCCCCC(=O)OCC(COC(=O)CCCCCCCCCCCC)OC(=O)CCCCCCCCCCCCCC. The van der Waals surface area contributed by atoms with Gasteiger partial charge in [0, 0.05) is 19.3 Å². The number of allylic oxidation sites excluding steroid dienone is 6. The van der Waals surface area contributed by atoms with Crippen LogP contribution in [0.4, 0.5) is 0 Å². The van der Waals surface area contributed by atoms with Crippen molar-refractivity contribution in [1.82, 2.24) is 0 Å². The lowest BCUT2D eigenvalue weighted by Crippen LogP contribution is -2.30. The average molecular weight is 745 g/mol. The lowest BCUT2D eigenvalue weighted by Gasteiger charge is -2.18. The second-order valence-electron chi connectivity index (χ2n) is 15.0. The quantitative estimate of drug-likeness (QED) is 0.0269. The molecule has 0 rings (SSSR count). The summed E-state index contributed by atoms with van der Waals surface area (Å²) < 4.78 is 16.7. The van der Waals surface area contributed by atoms with Crippen molar-refractivity contribution < 1.29 is 28.6 Å². The molecule has 0 aliphatic rings. The lowest BCUT2D eigenvalue weighted by atomic mass is 10.0. The van der Waals surface area contributed by atoms with E-state index in [-0.39, 0.29) is 31.1 Å². The van der Waals surface area contributed by atoms with Crippen LogP contribution in [0.1, 0.15) is 226 Å². The van der Waals surface area contributed by atoms with Crippen LogP contribution in [0.5, 0.6) is 0 Å². The van der Waals surface area contributed by atoms with Gasteiger partial charge in [0.1, 0.15) is 13.2 Å². The van der Waals surface area contributed by atoms with E-state index < -0.39 is 6.10 Å². The third-order valence-electron chi connectivity index (χ3n) is 9.72. The predicted octanol–water partition coefficient (Wildman–Crippen LogP) is 14.2. The van der Waals surface area contributed by atoms with Gasteiger partial charge in [-0.25, -0.2) is 0 Å². The summed E-state index contributed by atoms with van der Waals surface area (Å²) in [5.74, 6) is -0.896. The number of ether oxygens (including phenoxy) is 3. The molecule has 0 aliphatic carbocycles. The zero-order valence-electron chi connectivity index (χ0n) is 35.0. The number of hydrogen-bond acceptors (Lipinski definition) is 6. The van der Waals surface area contributed by atoms with Crippen molar-refractivity contribution in [3.05, 3.63) is 36.5 Å². The molecule has 0 aromatic heterocycles. The van der Waals surface area contributed by atoms with Gasteiger partial charge in [0.05, 0.1) is 0 Å². The van der Waals surface area contributed by atoms with E-state index in [0.29, 0.717) is 19.3 Å². The highest BCUT2D eigenvalue weighted by molar-refractivity contribution is 5.71. The molecule has 0 amide bonds. The predicted molar refractivity (Wildman–Crippen MR) is 224 cm³/mol. The second kappa shape index (κ2) is 42.4. The van der Waals surface area contributed by atoms with Crippen LogP contribution in [-0.2, 0) is 28.6 Å². The largest absolute Gasteiger partial charge is 0.462 e. The Morgan fingerprint density at radius 1 is 0.396 bits per heavy atom. The minimum atomic E-state index is -0.772. The van der Waals surface area contributed by atoms with Gasteiger partial charge < -0.3 is 14.2 Å². The van der Waals surface area contributed by atoms with E-state index in [0.717, 1.165) is 83.5 Å². The van der Waals surface area contributed by atoms with Crippen molar-refractivity contribution >= 4 is 17.9 Å². The first-order valence-electron chi connectivity index (χ1n) is 22.5. The maximum absolute atomic E-state index is 12.7. The molecule has 0 spiro atoms. The van der Waals surface area contributed by atoms with Crippen molar-refractivity contribution in [2.24, 2.45) is 0 Å². The van der Waals surface area contributed by atoms with E-state index in [1.807, 2.05) is 0 Å². The summed E-state index contributed by atoms with van der Waals surface area (Å²) in [4.78, 5) is 37.7. The normalized spacial score (nSPS) is 12.3. The Hall–Kier alpha value is -2.37. The number of carbonyl (C=O) groups is 3. The Morgan fingerprint density at radius 3 is 1.13 bits per heavy atom. The molecule has 0 bridgehead atoms. The number of esters is 3. The molecule has 1 atom stereocenters. The smallest absolute Gasteiger partial charge is 0.306 e. The molecule has 0 fully saturated rings. The summed E-state index contributed by atoms with van der Waals surface area (Å²) in [5, 5.41) is 0. The van der Waals surface area contributed by atoms with Gasteiger partial charge in [-0.15, -0.1) is 0 Å². The van der Waals surface area contributed by atoms with Gasteiger partial charge in [-0.1, -0.05) is 205 Å². The van der Waals surface area contributed by atoms with E-state index >= 15 is 0 Å². The molecular weight excluding hydrogens is 661 g/mol. The molecule has 6 heteroatoms. The van der Waals surface area contributed by atoms with E-state index in [9.17, 15) is 14.4 Å². The Balaban J connectivity index is 4.38. The third-order valence-corrected chi connectivity index (χ3v) is 9.72. The van der Waals surface area contributed by atoms with Gasteiger partial charge in [-0.3, -0.25) is 14.4 Å². The summed E-state index contributed by atoms with van der Waals surface area (Å²) >= 11 is 0. The fraction of sp³-hybridized carbons (Fsp3) is 0.809. The van der Waals surface area contributed by atoms with Crippen molar-refractivity contribution in [1.29, 1.82) is 0 Å². The van der Waals surface area contributed by atoms with Crippen LogP contribution in [-0.4, -0.2) is 37.2 Å². The Morgan fingerprint density at radius 2 is 0.736 bits per heavy atom. The summed E-state index contributed by atoms with van der Waals surface area (Å²) in [6.45, 7) is 6.47. The number of rotatable bonds is 40. The van der Waals surface area contributed by atoms with E-state index in [1.165, 1.54) is 103 Å². The molecule has 0 aromatic rings. The Labute approximate surface area is 327 Å². The third kappa shape index (κ3) is 40.6. The summed E-state index contributed by atoms with van der Waals surface area (Å²) in [5.41, 5.74) is 0. The maximum Gasteiger partial charge on any atom is 0.306 e. The fourth-order valence-electron chi connectivity index (χ4n) is 6.32. The molecule has 0 N–H and O–H groups in total. The Bertz CT molecular complexity index is 907. The van der Waals surface area contributed by atoms with Gasteiger partial charge >= 0.3 is 17.9 Å². The van der Waals surface area contributed by atoms with Crippen molar-refractivity contribution in [2.75, 3.05) is 13.2 Å². The highest BCUT2D eigenvalue weighted by Gasteiger charge is 2.19. The first kappa shape index (κ1) is 50.6. The molecule has 6 nitrogen and oxygen atoms in total. The van der Waals surface area contributed by atoms with Crippen LogP contribution in [0.15, 0.2) is 36.5 Å². The molecule has 0 heterocycles. The molecular formula is C47H84O6. The zero-order chi connectivity index (χ0) is 38.7. The molecule has 0 aliphatic heterocycles. The maximum atomic E-state index is 12.7. The standard InChI is InChI=1S/C47H84O6/c1-4-7-10-13-16-19-22-24-26-28-31-34-37-40-46(49)52-43-44(42-51-45(48)39-36-33-30-27-21-18-15-12-9-6-3)53-47(50)41-38-35-32-29-25-23-20-17-14-11-8-5-2/h7,10,13,16,19,22,44H,4-6,8-9,11-12,14-15,17-18,20-21,23-43H2,1-3H3/b10-7-,16-13-,22-19-. The average Bonchev–Trinajstić information content (AvgIpc) is 3.15. The number of carbonyl (C=O) groups excluding carboxylic acids is 3. The van der Waals surface area contributed by atoms with Gasteiger partial charge in [-0.05, 0) is 38.5 Å². The van der Waals surface area contributed by atoms with E-state index in [1.54, 1.807) is 0 Å². The number of unbranched alkanes of at least 4 members (excludes halogenated alkanes) is 25. The minimum Gasteiger partial charge on any atom is -0.462 e. The van der Waals surface area contributed by atoms with Crippen LogP contribution >= 0.6 is 0 Å². The summed E-state index contributed by atoms with van der Waals surface area (Å²) in [7, 11) is 0. The topological polar surface area (TPSA) is 78.9 Å². The highest BCUT2D eigenvalue weighted by Crippen LogP contribution is 2.15. The van der Waals surface area contributed by atoms with E-state index in [4.69, 9.17) is 14.2 Å². The molecule has 53 heavy (non-hydrogen) atoms. The van der Waals surface area contributed by atoms with Gasteiger partial charge in [0.25, 0.3) is 0 Å². The van der Waals surface area contributed by atoms with Crippen molar-refractivity contribution in [3.63, 3.8) is 0 Å². The van der Waals surface area contributed by atoms with Gasteiger partial charge in [0.2, 0.25) is 0 Å². The zero-order valence-corrected chi connectivity index (χ0v) is 35.0. The summed E-state index contributed by atoms with van der Waals surface area (Å²) in [6.07, 6.45) is 46.9. The lowest BCUT2D eigenvalue weighted by molar-refractivity contribution is -0.167. The van der Waals surface area contributed by atoms with E-state index in [2.05, 4.69) is 57.2 Å². The second-order valence-corrected chi connectivity index (χ2v) is 15.0. The Kier molecular flexibility index (Phi) is 40.5. The van der Waals surface area contributed by atoms with Crippen LogP contribution in [0.2, 0.25) is 0 Å². The number of hydrogen-bond donors (Lipinski definition) is 0. The van der Waals surface area contributed by atoms with Crippen molar-refractivity contribution in [3.8, 4) is 0 Å². The summed E-state index contributed by atoms with van der Waals surface area (Å²) in [6, 6.07) is 0. The van der Waals surface area contributed by atoms with Crippen molar-refractivity contribution in [2.45, 2.75) is 232 Å². The first-order chi connectivity index (χ1) is 26.0. The molecule has 0 radical (unpaired) electrons. The van der Waals surface area contributed by atoms with Crippen LogP contribution in [0.25, 0.3) is 0 Å². The first-order valence-corrected chi connectivity index (χ1v) is 22.5. The molecule has 0 saturated heterocycles. The molecule has 1 unspecified atom stereocenters. The van der Waals surface area contributed by atoms with Gasteiger partial charge in [0.15, 0.2) is 6.10 Å². The van der Waals surface area contributed by atoms with Crippen LogP contribution < -0.4 is 0 Å². The molecule has 0 aromatic carbocycles. The van der Waals surface area contributed by atoms with Crippen LogP contribution in [0.3, 0.4) is 0 Å². The fourth-order valence-corrected chi connectivity index (χ4v) is 6.32.